The van der Waals surface area contributed by atoms with Crippen molar-refractivity contribution in [1.82, 2.24) is 10.2 Å². The molecule has 6 nitrogen and oxygen atoms in total. The average molecular weight is 305 g/mol. The van der Waals surface area contributed by atoms with Crippen LogP contribution >= 0.6 is 0 Å². The Balaban J connectivity index is 2.94. The number of nitrogens with zero attached hydrogens (tertiary/aromatic N) is 2. The van der Waals surface area contributed by atoms with Gasteiger partial charge < -0.3 is 14.8 Å². The summed E-state index contributed by atoms with van der Waals surface area (Å²) in [6.45, 7) is 4.22. The van der Waals surface area contributed by atoms with Gasteiger partial charge in [-0.2, -0.15) is 5.26 Å². The molecule has 1 rings (SSSR count). The van der Waals surface area contributed by atoms with E-state index in [0.29, 0.717) is 17.1 Å². The van der Waals surface area contributed by atoms with Gasteiger partial charge in [0.05, 0.1) is 26.8 Å². The van der Waals surface area contributed by atoms with Gasteiger partial charge >= 0.3 is 0 Å². The van der Waals surface area contributed by atoms with Crippen LogP contribution in [-0.2, 0) is 4.79 Å². The Morgan fingerprint density at radius 1 is 1.36 bits per heavy atom. The van der Waals surface area contributed by atoms with E-state index in [1.54, 1.807) is 18.2 Å². The van der Waals surface area contributed by atoms with Crippen molar-refractivity contribution in [3.05, 3.63) is 23.8 Å². The fourth-order valence-electron chi connectivity index (χ4n) is 1.93. The van der Waals surface area contributed by atoms with Crippen molar-refractivity contribution >= 4 is 5.91 Å². The molecule has 0 heterocycles. The van der Waals surface area contributed by atoms with Gasteiger partial charge in [0.25, 0.3) is 0 Å². The third kappa shape index (κ3) is 4.37. The Hall–Kier alpha value is -2.26. The van der Waals surface area contributed by atoms with Crippen LogP contribution in [0.4, 0.5) is 0 Å². The topological polar surface area (TPSA) is 74.6 Å². The van der Waals surface area contributed by atoms with Crippen LogP contribution in [0.3, 0.4) is 0 Å². The number of methoxy groups -OCH3 is 2. The lowest BCUT2D eigenvalue weighted by Gasteiger charge is -2.22. The van der Waals surface area contributed by atoms with Gasteiger partial charge in [-0.1, -0.05) is 12.1 Å². The second kappa shape index (κ2) is 8.25. The van der Waals surface area contributed by atoms with E-state index in [1.807, 2.05) is 25.8 Å². The first-order valence-corrected chi connectivity index (χ1v) is 7.04. The summed E-state index contributed by atoms with van der Waals surface area (Å²) in [5.74, 6) is 0.760. The van der Waals surface area contributed by atoms with E-state index in [-0.39, 0.29) is 18.5 Å². The van der Waals surface area contributed by atoms with Gasteiger partial charge in [0, 0.05) is 11.6 Å². The molecule has 0 aromatic heterocycles. The van der Waals surface area contributed by atoms with Crippen LogP contribution in [0.1, 0.15) is 25.5 Å². The first-order valence-electron chi connectivity index (χ1n) is 7.04. The number of rotatable bonds is 7. The maximum absolute atomic E-state index is 12.1. The van der Waals surface area contributed by atoms with Crippen molar-refractivity contribution in [2.75, 3.05) is 27.8 Å². The number of carbonyl (C=O) groups excluding carboxylic acids is 1. The number of ether oxygens (including phenoxy) is 2. The van der Waals surface area contributed by atoms with Crippen LogP contribution in [-0.4, -0.2) is 44.7 Å². The number of carbonyl (C=O) groups is 1. The van der Waals surface area contributed by atoms with Gasteiger partial charge in [0.15, 0.2) is 11.5 Å². The molecule has 1 aromatic rings. The van der Waals surface area contributed by atoms with Crippen LogP contribution in [0.5, 0.6) is 11.5 Å². The highest BCUT2D eigenvalue weighted by Gasteiger charge is 2.21. The van der Waals surface area contributed by atoms with E-state index in [4.69, 9.17) is 9.47 Å². The second-order valence-corrected chi connectivity index (χ2v) is 5.22. The Labute approximate surface area is 131 Å². The quantitative estimate of drug-likeness (QED) is 0.830. The fraction of sp³-hybridized carbons (Fsp3) is 0.500. The minimum Gasteiger partial charge on any atom is -0.493 e. The predicted molar refractivity (Wildman–Crippen MR) is 83.8 cm³/mol. The van der Waals surface area contributed by atoms with Crippen LogP contribution in [0.25, 0.3) is 0 Å². The largest absolute Gasteiger partial charge is 0.493 e. The van der Waals surface area contributed by atoms with Crippen molar-refractivity contribution in [2.24, 2.45) is 0 Å². The van der Waals surface area contributed by atoms with Crippen LogP contribution in [0.2, 0.25) is 0 Å². The van der Waals surface area contributed by atoms with E-state index < -0.39 is 6.04 Å². The molecule has 0 bridgehead atoms. The third-order valence-corrected chi connectivity index (χ3v) is 3.45. The summed E-state index contributed by atoms with van der Waals surface area (Å²) in [6.07, 6.45) is 0. The molecule has 0 fully saturated rings. The maximum Gasteiger partial charge on any atom is 0.235 e. The summed E-state index contributed by atoms with van der Waals surface area (Å²) >= 11 is 0. The summed E-state index contributed by atoms with van der Waals surface area (Å²) < 4.78 is 10.5. The number of hydrogen-bond donors (Lipinski definition) is 1. The number of amides is 1. The average Bonchev–Trinajstić information content (AvgIpc) is 2.51. The summed E-state index contributed by atoms with van der Waals surface area (Å²) in [6, 6.07) is 6.78. The Kier molecular flexibility index (Phi) is 6.67. The molecule has 0 saturated heterocycles. The number of nitrogens with one attached hydrogen (secondary N) is 1. The predicted octanol–water partition coefficient (Wildman–Crippen LogP) is 1.72. The van der Waals surface area contributed by atoms with E-state index >= 15 is 0 Å². The zero-order chi connectivity index (χ0) is 16.7. The summed E-state index contributed by atoms with van der Waals surface area (Å²) in [4.78, 5) is 14.0. The smallest absolute Gasteiger partial charge is 0.235 e. The summed E-state index contributed by atoms with van der Waals surface area (Å²) in [5, 5.41) is 12.1. The molecule has 1 atom stereocenters. The molecular weight excluding hydrogens is 282 g/mol. The molecule has 0 aliphatic carbocycles. The molecule has 0 radical (unpaired) electrons. The minimum absolute atomic E-state index is 0.215. The van der Waals surface area contributed by atoms with Crippen molar-refractivity contribution in [3.8, 4) is 17.6 Å². The van der Waals surface area contributed by atoms with Crippen LogP contribution in [0, 0.1) is 11.3 Å². The highest BCUT2D eigenvalue weighted by atomic mass is 16.5. The van der Waals surface area contributed by atoms with Crippen molar-refractivity contribution < 1.29 is 14.3 Å². The van der Waals surface area contributed by atoms with E-state index in [2.05, 4.69) is 11.4 Å². The molecule has 0 saturated carbocycles. The monoisotopic (exact) mass is 305 g/mol. The molecule has 6 heteroatoms. The SMILES string of the molecule is COc1cccc(C(C#N)NC(=O)CN(C)C(C)C)c1OC. The van der Waals surface area contributed by atoms with E-state index in [9.17, 15) is 10.1 Å². The van der Waals surface area contributed by atoms with Crippen molar-refractivity contribution in [3.63, 3.8) is 0 Å². The first kappa shape index (κ1) is 17.8. The molecule has 1 unspecified atom stereocenters. The van der Waals surface area contributed by atoms with Gasteiger partial charge in [0.1, 0.15) is 6.04 Å². The molecule has 0 spiro atoms. The Morgan fingerprint density at radius 3 is 2.55 bits per heavy atom. The summed E-state index contributed by atoms with van der Waals surface area (Å²) in [7, 11) is 4.89. The second-order valence-electron chi connectivity index (χ2n) is 5.22. The number of hydrogen-bond acceptors (Lipinski definition) is 5. The lowest BCUT2D eigenvalue weighted by atomic mass is 10.1. The standard InChI is InChI=1S/C16H23N3O3/c1-11(2)19(3)10-15(20)18-13(9-17)12-7-6-8-14(21-4)16(12)22-5/h6-8,11,13H,10H2,1-5H3,(H,18,20). The van der Waals surface area contributed by atoms with Crippen molar-refractivity contribution in [1.29, 1.82) is 5.26 Å². The lowest BCUT2D eigenvalue weighted by molar-refractivity contribution is -0.122. The molecule has 1 N–H and O–H groups in total. The third-order valence-electron chi connectivity index (χ3n) is 3.45. The molecular formula is C16H23N3O3. The van der Waals surface area contributed by atoms with Gasteiger partial charge in [-0.05, 0) is 27.0 Å². The first-order chi connectivity index (χ1) is 10.4. The minimum atomic E-state index is -0.793. The van der Waals surface area contributed by atoms with E-state index in [1.165, 1.54) is 14.2 Å². The molecule has 0 aliphatic heterocycles. The van der Waals surface area contributed by atoms with Crippen LogP contribution < -0.4 is 14.8 Å². The lowest BCUT2D eigenvalue weighted by Crippen LogP contribution is -2.39. The molecule has 1 aromatic carbocycles. The summed E-state index contributed by atoms with van der Waals surface area (Å²) in [5.41, 5.74) is 0.574. The maximum atomic E-state index is 12.1. The molecule has 22 heavy (non-hydrogen) atoms. The molecule has 0 aliphatic rings. The van der Waals surface area contributed by atoms with Gasteiger partial charge in [-0.25, -0.2) is 0 Å². The number of para-hydroxylation sites is 1. The molecule has 120 valence electrons. The van der Waals surface area contributed by atoms with E-state index in [0.717, 1.165) is 0 Å². The Bertz CT molecular complexity index is 552. The Morgan fingerprint density at radius 2 is 2.05 bits per heavy atom. The van der Waals surface area contributed by atoms with Crippen molar-refractivity contribution in [2.45, 2.75) is 25.9 Å². The number of likely N-dealkylation sites (N-methyl/N-ethyl adjacent to an activating group) is 1. The highest BCUT2D eigenvalue weighted by molar-refractivity contribution is 5.79. The van der Waals surface area contributed by atoms with Gasteiger partial charge in [0.2, 0.25) is 5.91 Å². The zero-order valence-electron chi connectivity index (χ0n) is 13.7. The van der Waals surface area contributed by atoms with Gasteiger partial charge in [-0.3, -0.25) is 9.69 Å². The van der Waals surface area contributed by atoms with Crippen LogP contribution in [0.15, 0.2) is 18.2 Å². The number of benzene rings is 1. The zero-order valence-corrected chi connectivity index (χ0v) is 13.7. The highest BCUT2D eigenvalue weighted by Crippen LogP contribution is 2.34. The normalized spacial score (nSPS) is 11.9. The fourth-order valence-corrected chi connectivity index (χ4v) is 1.93. The van der Waals surface area contributed by atoms with Gasteiger partial charge in [-0.15, -0.1) is 0 Å². The number of nitriles is 1. The molecule has 1 amide bonds.